The van der Waals surface area contributed by atoms with Gasteiger partial charge < -0.3 is 10.1 Å². The zero-order chi connectivity index (χ0) is 14.7. The van der Waals surface area contributed by atoms with E-state index >= 15 is 0 Å². The molecule has 0 aliphatic heterocycles. The van der Waals surface area contributed by atoms with Crippen LogP contribution in [0.2, 0.25) is 0 Å². The van der Waals surface area contributed by atoms with Crippen LogP contribution in [0.4, 0.5) is 5.95 Å². The van der Waals surface area contributed by atoms with Gasteiger partial charge >= 0.3 is 0 Å². The average molecular weight is 291 g/mol. The van der Waals surface area contributed by atoms with E-state index in [9.17, 15) is 0 Å². The van der Waals surface area contributed by atoms with E-state index in [0.29, 0.717) is 18.4 Å². The fraction of sp³-hybridized carbons (Fsp3) is 0.467. The molecule has 0 aliphatic rings. The maximum atomic E-state index is 5.45. The number of aryl methyl sites for hydroxylation is 3. The van der Waals surface area contributed by atoms with E-state index in [2.05, 4.69) is 42.1 Å². The fourth-order valence-electron chi connectivity index (χ4n) is 2.18. The van der Waals surface area contributed by atoms with Gasteiger partial charge in [0.05, 0.1) is 12.6 Å². The second-order valence-electron chi connectivity index (χ2n) is 4.84. The molecule has 2 aromatic heterocycles. The number of nitrogens with zero attached hydrogens (tertiary/aromatic N) is 2. The predicted octanol–water partition coefficient (Wildman–Crippen LogP) is 4.04. The zero-order valence-corrected chi connectivity index (χ0v) is 13.5. The molecule has 0 amide bonds. The third kappa shape index (κ3) is 3.48. The first-order chi connectivity index (χ1) is 9.49. The Morgan fingerprint density at radius 1 is 1.25 bits per heavy atom. The number of nitrogens with one attached hydrogen (secondary N) is 1. The normalized spacial score (nSPS) is 12.2. The summed E-state index contributed by atoms with van der Waals surface area (Å²) in [6, 6.07) is 4.24. The van der Waals surface area contributed by atoms with Crippen molar-refractivity contribution in [1.82, 2.24) is 9.97 Å². The van der Waals surface area contributed by atoms with E-state index in [0.717, 1.165) is 5.69 Å². The lowest BCUT2D eigenvalue weighted by atomic mass is 10.1. The molecular weight excluding hydrogens is 270 g/mol. The quantitative estimate of drug-likeness (QED) is 0.903. The van der Waals surface area contributed by atoms with E-state index in [4.69, 9.17) is 4.74 Å². The molecule has 108 valence electrons. The van der Waals surface area contributed by atoms with Gasteiger partial charge in [-0.15, -0.1) is 11.3 Å². The summed E-state index contributed by atoms with van der Waals surface area (Å²) in [6.45, 7) is 10.9. The number of aromatic nitrogens is 2. The maximum Gasteiger partial charge on any atom is 0.226 e. The van der Waals surface area contributed by atoms with Crippen molar-refractivity contribution >= 4 is 17.3 Å². The molecule has 20 heavy (non-hydrogen) atoms. The summed E-state index contributed by atoms with van der Waals surface area (Å²) in [6.07, 6.45) is 0. The molecule has 2 rings (SSSR count). The van der Waals surface area contributed by atoms with Gasteiger partial charge in [0.15, 0.2) is 0 Å². The molecule has 0 saturated carbocycles. The van der Waals surface area contributed by atoms with Crippen molar-refractivity contribution in [2.45, 2.75) is 40.7 Å². The molecular formula is C15H21N3OS. The topological polar surface area (TPSA) is 47.0 Å². The van der Waals surface area contributed by atoms with Crippen LogP contribution in [-0.2, 0) is 0 Å². The van der Waals surface area contributed by atoms with Gasteiger partial charge in [-0.2, -0.15) is 4.98 Å². The van der Waals surface area contributed by atoms with Crippen LogP contribution in [0.1, 0.15) is 40.9 Å². The lowest BCUT2D eigenvalue weighted by Crippen LogP contribution is -2.11. The molecule has 5 heteroatoms. The van der Waals surface area contributed by atoms with Crippen molar-refractivity contribution in [3.05, 3.63) is 33.1 Å². The minimum Gasteiger partial charge on any atom is -0.478 e. The van der Waals surface area contributed by atoms with Crippen LogP contribution in [0.3, 0.4) is 0 Å². The summed E-state index contributed by atoms with van der Waals surface area (Å²) in [7, 11) is 0. The molecule has 0 radical (unpaired) electrons. The molecule has 2 heterocycles. The summed E-state index contributed by atoms with van der Waals surface area (Å²) in [5.74, 6) is 1.23. The Morgan fingerprint density at radius 3 is 2.60 bits per heavy atom. The number of thiophene rings is 1. The lowest BCUT2D eigenvalue weighted by molar-refractivity contribution is 0.326. The van der Waals surface area contributed by atoms with Crippen LogP contribution in [0.5, 0.6) is 5.88 Å². The first-order valence-electron chi connectivity index (χ1n) is 6.81. The minimum absolute atomic E-state index is 0.177. The molecule has 0 aliphatic carbocycles. The van der Waals surface area contributed by atoms with Gasteiger partial charge in [0, 0.05) is 21.5 Å². The molecule has 1 unspecified atom stereocenters. The van der Waals surface area contributed by atoms with Crippen molar-refractivity contribution in [2.24, 2.45) is 0 Å². The Morgan fingerprint density at radius 2 is 2.00 bits per heavy atom. The Labute approximate surface area is 124 Å². The highest BCUT2D eigenvalue weighted by molar-refractivity contribution is 7.12. The number of hydrogen-bond donors (Lipinski definition) is 1. The highest BCUT2D eigenvalue weighted by Crippen LogP contribution is 2.28. The van der Waals surface area contributed by atoms with Gasteiger partial charge in [0.1, 0.15) is 0 Å². The van der Waals surface area contributed by atoms with Crippen molar-refractivity contribution in [3.8, 4) is 5.88 Å². The van der Waals surface area contributed by atoms with Crippen molar-refractivity contribution in [1.29, 1.82) is 0 Å². The minimum atomic E-state index is 0.177. The van der Waals surface area contributed by atoms with Crippen LogP contribution < -0.4 is 10.1 Å². The average Bonchev–Trinajstić information content (AvgIpc) is 2.68. The smallest absolute Gasteiger partial charge is 0.226 e. The highest BCUT2D eigenvalue weighted by atomic mass is 32.1. The largest absolute Gasteiger partial charge is 0.478 e. The first kappa shape index (κ1) is 14.8. The Bertz CT molecular complexity index is 595. The SMILES string of the molecule is CCOc1cc(C)nc(NC(C)c2cc(C)sc2C)n1. The first-order valence-corrected chi connectivity index (χ1v) is 7.63. The third-order valence-electron chi connectivity index (χ3n) is 3.01. The second kappa shape index (κ2) is 6.22. The summed E-state index contributed by atoms with van der Waals surface area (Å²) in [4.78, 5) is 11.5. The van der Waals surface area contributed by atoms with Gasteiger partial charge in [-0.1, -0.05) is 0 Å². The molecule has 1 atom stereocenters. The van der Waals surface area contributed by atoms with Crippen LogP contribution in [0, 0.1) is 20.8 Å². The number of hydrogen-bond acceptors (Lipinski definition) is 5. The molecule has 0 spiro atoms. The Balaban J connectivity index is 2.18. The van der Waals surface area contributed by atoms with Gasteiger partial charge in [-0.25, -0.2) is 4.98 Å². The predicted molar refractivity (Wildman–Crippen MR) is 83.8 cm³/mol. The van der Waals surface area contributed by atoms with Crippen molar-refractivity contribution in [3.63, 3.8) is 0 Å². The number of ether oxygens (including phenoxy) is 1. The van der Waals surface area contributed by atoms with Gasteiger partial charge in [-0.3, -0.25) is 0 Å². The third-order valence-corrected chi connectivity index (χ3v) is 4.00. The fourth-order valence-corrected chi connectivity index (χ4v) is 3.20. The standard InChI is InChI=1S/C15H21N3OS/c1-6-19-14-7-9(2)16-15(18-14)17-11(4)13-8-10(3)20-12(13)5/h7-8,11H,6H2,1-5H3,(H,16,17,18). The summed E-state index contributed by atoms with van der Waals surface area (Å²) in [5.41, 5.74) is 2.20. The Kier molecular flexibility index (Phi) is 4.60. The van der Waals surface area contributed by atoms with Gasteiger partial charge in [0.2, 0.25) is 11.8 Å². The van der Waals surface area contributed by atoms with Crippen LogP contribution in [0.15, 0.2) is 12.1 Å². The molecule has 0 fully saturated rings. The molecule has 4 nitrogen and oxygen atoms in total. The van der Waals surface area contributed by atoms with E-state index < -0.39 is 0 Å². The number of rotatable bonds is 5. The highest BCUT2D eigenvalue weighted by Gasteiger charge is 2.13. The van der Waals surface area contributed by atoms with E-state index in [1.165, 1.54) is 15.3 Å². The monoisotopic (exact) mass is 291 g/mol. The van der Waals surface area contributed by atoms with E-state index in [-0.39, 0.29) is 6.04 Å². The van der Waals surface area contributed by atoms with Crippen LogP contribution in [-0.4, -0.2) is 16.6 Å². The number of anilines is 1. The lowest BCUT2D eigenvalue weighted by Gasteiger charge is -2.15. The molecule has 2 aromatic rings. The van der Waals surface area contributed by atoms with Crippen molar-refractivity contribution in [2.75, 3.05) is 11.9 Å². The summed E-state index contributed by atoms with van der Waals surface area (Å²) < 4.78 is 5.45. The van der Waals surface area contributed by atoms with Crippen LogP contribution >= 0.6 is 11.3 Å². The van der Waals surface area contributed by atoms with E-state index in [1.807, 2.05) is 31.3 Å². The second-order valence-corrected chi connectivity index (χ2v) is 6.30. The molecule has 0 saturated heterocycles. The molecule has 1 N–H and O–H groups in total. The summed E-state index contributed by atoms with van der Waals surface area (Å²) in [5, 5.41) is 3.36. The zero-order valence-electron chi connectivity index (χ0n) is 12.7. The Hall–Kier alpha value is -1.62. The maximum absolute atomic E-state index is 5.45. The summed E-state index contributed by atoms with van der Waals surface area (Å²) >= 11 is 1.82. The van der Waals surface area contributed by atoms with Gasteiger partial charge in [-0.05, 0) is 46.2 Å². The molecule has 0 bridgehead atoms. The van der Waals surface area contributed by atoms with E-state index in [1.54, 1.807) is 0 Å². The van der Waals surface area contributed by atoms with Crippen molar-refractivity contribution < 1.29 is 4.74 Å². The molecule has 0 aromatic carbocycles. The van der Waals surface area contributed by atoms with Crippen LogP contribution in [0.25, 0.3) is 0 Å². The van der Waals surface area contributed by atoms with Gasteiger partial charge in [0.25, 0.3) is 0 Å².